The quantitative estimate of drug-likeness (QED) is 0.793. The second-order valence-electron chi connectivity index (χ2n) is 4.17. The Hall–Kier alpha value is -0.870. The molecule has 1 heterocycles. The van der Waals surface area contributed by atoms with Crippen molar-refractivity contribution in [2.24, 2.45) is 0 Å². The highest BCUT2D eigenvalue weighted by Crippen LogP contribution is 2.23. The normalized spacial score (nSPS) is 18.6. The van der Waals surface area contributed by atoms with E-state index in [1.807, 2.05) is 19.1 Å². The van der Waals surface area contributed by atoms with Crippen LogP contribution in [0.1, 0.15) is 18.4 Å². The minimum absolute atomic E-state index is 0.274. The second kappa shape index (κ2) is 4.55. The molecule has 3 nitrogen and oxygen atoms in total. The fraction of sp³-hybridized carbons (Fsp3) is 0.500. The molecule has 88 valence electrons. The van der Waals surface area contributed by atoms with Crippen LogP contribution in [0.2, 0.25) is 0 Å². The monoisotopic (exact) mass is 240 g/mol. The van der Waals surface area contributed by atoms with Gasteiger partial charge in [0.15, 0.2) is 9.84 Å². The maximum Gasteiger partial charge on any atom is 0.181 e. The molecule has 2 rings (SSSR count). The molecule has 0 N–H and O–H groups in total. The van der Waals surface area contributed by atoms with Gasteiger partial charge in [-0.1, -0.05) is 17.7 Å². The van der Waals surface area contributed by atoms with E-state index in [-0.39, 0.29) is 5.25 Å². The third kappa shape index (κ3) is 2.28. The zero-order chi connectivity index (χ0) is 11.6. The van der Waals surface area contributed by atoms with Crippen LogP contribution in [0.3, 0.4) is 0 Å². The van der Waals surface area contributed by atoms with Crippen LogP contribution >= 0.6 is 0 Å². The second-order valence-corrected chi connectivity index (χ2v) is 6.40. The van der Waals surface area contributed by atoms with Crippen molar-refractivity contribution in [1.29, 1.82) is 0 Å². The van der Waals surface area contributed by atoms with Crippen molar-refractivity contribution in [3.63, 3.8) is 0 Å². The molecule has 4 heteroatoms. The van der Waals surface area contributed by atoms with Crippen molar-refractivity contribution in [1.82, 2.24) is 0 Å². The summed E-state index contributed by atoms with van der Waals surface area (Å²) >= 11 is 0. The molecule has 1 aromatic rings. The zero-order valence-corrected chi connectivity index (χ0v) is 10.2. The summed E-state index contributed by atoms with van der Waals surface area (Å²) in [6.07, 6.45) is 1.21. The molecule has 0 aromatic heterocycles. The lowest BCUT2D eigenvalue weighted by Gasteiger charge is -2.22. The fourth-order valence-electron chi connectivity index (χ4n) is 1.91. The van der Waals surface area contributed by atoms with E-state index >= 15 is 0 Å². The molecular formula is C12H16O3S. The van der Waals surface area contributed by atoms with Crippen LogP contribution in [0.4, 0.5) is 0 Å². The minimum Gasteiger partial charge on any atom is -0.381 e. The first-order valence-electron chi connectivity index (χ1n) is 5.49. The maximum atomic E-state index is 12.2. The summed E-state index contributed by atoms with van der Waals surface area (Å²) in [4.78, 5) is 0.435. The smallest absolute Gasteiger partial charge is 0.181 e. The number of ether oxygens (including phenoxy) is 1. The van der Waals surface area contributed by atoms with Crippen molar-refractivity contribution in [2.45, 2.75) is 29.9 Å². The van der Waals surface area contributed by atoms with E-state index in [1.165, 1.54) is 0 Å². The summed E-state index contributed by atoms with van der Waals surface area (Å²) in [7, 11) is -3.16. The summed E-state index contributed by atoms with van der Waals surface area (Å²) < 4.78 is 29.7. The number of rotatable bonds is 2. The molecule has 0 unspecified atom stereocenters. The van der Waals surface area contributed by atoms with Crippen LogP contribution < -0.4 is 0 Å². The SMILES string of the molecule is Cc1ccc(S(=O)(=O)C2CCOCC2)cc1. The first kappa shape index (κ1) is 11.6. The Morgan fingerprint density at radius 1 is 1.12 bits per heavy atom. The van der Waals surface area contributed by atoms with Crippen molar-refractivity contribution in [3.8, 4) is 0 Å². The van der Waals surface area contributed by atoms with Crippen LogP contribution in [0.15, 0.2) is 29.2 Å². The van der Waals surface area contributed by atoms with E-state index in [9.17, 15) is 8.42 Å². The molecule has 0 amide bonds. The maximum absolute atomic E-state index is 12.2. The van der Waals surface area contributed by atoms with Gasteiger partial charge < -0.3 is 4.74 Å². The van der Waals surface area contributed by atoms with Gasteiger partial charge in [0.1, 0.15) is 0 Å². The summed E-state index contributed by atoms with van der Waals surface area (Å²) in [5.41, 5.74) is 1.07. The van der Waals surface area contributed by atoms with Gasteiger partial charge in [-0.2, -0.15) is 0 Å². The average molecular weight is 240 g/mol. The van der Waals surface area contributed by atoms with E-state index in [1.54, 1.807) is 12.1 Å². The Balaban J connectivity index is 2.27. The fourth-order valence-corrected chi connectivity index (χ4v) is 3.62. The van der Waals surface area contributed by atoms with Crippen molar-refractivity contribution >= 4 is 9.84 Å². The molecule has 1 fully saturated rings. The number of sulfone groups is 1. The van der Waals surface area contributed by atoms with Crippen molar-refractivity contribution in [2.75, 3.05) is 13.2 Å². The largest absolute Gasteiger partial charge is 0.381 e. The highest BCUT2D eigenvalue weighted by atomic mass is 32.2. The molecule has 0 atom stereocenters. The predicted octanol–water partition coefficient (Wildman–Crippen LogP) is 1.95. The highest BCUT2D eigenvalue weighted by Gasteiger charge is 2.28. The molecule has 1 aliphatic rings. The lowest BCUT2D eigenvalue weighted by molar-refractivity contribution is 0.0983. The molecule has 0 saturated carbocycles. The standard InChI is InChI=1S/C12H16O3S/c1-10-2-4-11(5-3-10)16(13,14)12-6-8-15-9-7-12/h2-5,12H,6-9H2,1H3. The van der Waals surface area contributed by atoms with Gasteiger partial charge in [-0.15, -0.1) is 0 Å². The Bertz CT molecular complexity index is 442. The predicted molar refractivity (Wildman–Crippen MR) is 62.2 cm³/mol. The van der Waals surface area contributed by atoms with Gasteiger partial charge in [-0.3, -0.25) is 0 Å². The summed E-state index contributed by atoms with van der Waals surface area (Å²) in [5, 5.41) is -0.274. The van der Waals surface area contributed by atoms with E-state index in [2.05, 4.69) is 0 Å². The van der Waals surface area contributed by atoms with Crippen LogP contribution in [-0.2, 0) is 14.6 Å². The number of hydrogen-bond acceptors (Lipinski definition) is 3. The third-order valence-electron chi connectivity index (χ3n) is 2.96. The van der Waals surface area contributed by atoms with E-state index < -0.39 is 9.84 Å². The third-order valence-corrected chi connectivity index (χ3v) is 5.23. The van der Waals surface area contributed by atoms with Crippen LogP contribution in [0.25, 0.3) is 0 Å². The topological polar surface area (TPSA) is 43.4 Å². The Morgan fingerprint density at radius 2 is 1.69 bits per heavy atom. The lowest BCUT2D eigenvalue weighted by Crippen LogP contribution is -2.28. The van der Waals surface area contributed by atoms with Gasteiger partial charge in [0.25, 0.3) is 0 Å². The van der Waals surface area contributed by atoms with E-state index in [0.717, 1.165) is 5.56 Å². The Kier molecular flexibility index (Phi) is 3.30. The van der Waals surface area contributed by atoms with Gasteiger partial charge in [0.2, 0.25) is 0 Å². The summed E-state index contributed by atoms with van der Waals surface area (Å²) in [6, 6.07) is 7.07. The van der Waals surface area contributed by atoms with Crippen LogP contribution in [0, 0.1) is 6.92 Å². The van der Waals surface area contributed by atoms with Gasteiger partial charge in [-0.05, 0) is 31.9 Å². The van der Waals surface area contributed by atoms with E-state index in [0.29, 0.717) is 31.0 Å². The number of hydrogen-bond donors (Lipinski definition) is 0. The summed E-state index contributed by atoms with van der Waals surface area (Å²) in [5.74, 6) is 0. The average Bonchev–Trinajstić information content (AvgIpc) is 2.31. The lowest BCUT2D eigenvalue weighted by atomic mass is 10.2. The molecule has 0 aliphatic carbocycles. The van der Waals surface area contributed by atoms with Crippen LogP contribution in [-0.4, -0.2) is 26.9 Å². The van der Waals surface area contributed by atoms with Crippen molar-refractivity contribution < 1.29 is 13.2 Å². The summed E-state index contributed by atoms with van der Waals surface area (Å²) in [6.45, 7) is 3.05. The van der Waals surface area contributed by atoms with E-state index in [4.69, 9.17) is 4.74 Å². The first-order chi connectivity index (χ1) is 7.60. The molecular weight excluding hydrogens is 224 g/mol. The highest BCUT2D eigenvalue weighted by molar-refractivity contribution is 7.92. The Morgan fingerprint density at radius 3 is 2.25 bits per heavy atom. The van der Waals surface area contributed by atoms with Gasteiger partial charge >= 0.3 is 0 Å². The molecule has 1 saturated heterocycles. The molecule has 1 aromatic carbocycles. The number of benzene rings is 1. The van der Waals surface area contributed by atoms with Crippen LogP contribution in [0.5, 0.6) is 0 Å². The molecule has 16 heavy (non-hydrogen) atoms. The number of aryl methyl sites for hydroxylation is 1. The van der Waals surface area contributed by atoms with Gasteiger partial charge in [-0.25, -0.2) is 8.42 Å². The first-order valence-corrected chi connectivity index (χ1v) is 7.03. The molecule has 0 bridgehead atoms. The van der Waals surface area contributed by atoms with Crippen molar-refractivity contribution in [3.05, 3.63) is 29.8 Å². The zero-order valence-electron chi connectivity index (χ0n) is 9.35. The molecule has 0 radical (unpaired) electrons. The molecule has 0 spiro atoms. The van der Waals surface area contributed by atoms with Gasteiger partial charge in [0.05, 0.1) is 10.1 Å². The minimum atomic E-state index is -3.16. The molecule has 1 aliphatic heterocycles. The Labute approximate surface area is 96.4 Å². The van der Waals surface area contributed by atoms with Gasteiger partial charge in [0, 0.05) is 13.2 Å².